The van der Waals surface area contributed by atoms with Crippen LogP contribution in [0.15, 0.2) is 12.3 Å². The average molecular weight is 327 g/mol. The summed E-state index contributed by atoms with van der Waals surface area (Å²) in [5.41, 5.74) is 3.78. The first-order valence-electron chi connectivity index (χ1n) is 6.96. The van der Waals surface area contributed by atoms with Crippen molar-refractivity contribution < 1.29 is 25.1 Å². The summed E-state index contributed by atoms with van der Waals surface area (Å²) in [6, 6.07) is 1.31. The summed E-state index contributed by atoms with van der Waals surface area (Å²) in [7, 11) is 1.49. The van der Waals surface area contributed by atoms with E-state index >= 15 is 0 Å². The molecule has 0 bridgehead atoms. The van der Waals surface area contributed by atoms with Crippen LogP contribution in [0.3, 0.4) is 0 Å². The zero-order valence-corrected chi connectivity index (χ0v) is 14.4. The number of nitrogen functional groups attached to an aromatic ring is 1. The highest BCUT2D eigenvalue weighted by Crippen LogP contribution is 2.19. The predicted molar refractivity (Wildman–Crippen MR) is 89.1 cm³/mol. The lowest BCUT2D eigenvalue weighted by atomic mass is 9.81. The van der Waals surface area contributed by atoms with E-state index in [0.29, 0.717) is 0 Å². The second-order valence-electron chi connectivity index (χ2n) is 6.39. The smallest absolute Gasteiger partial charge is 0.423 e. The van der Waals surface area contributed by atoms with Crippen LogP contribution in [0.2, 0.25) is 0 Å². The molecule has 1 aromatic rings. The number of hydrogen-bond acceptors (Lipinski definition) is 7. The minimum absolute atomic E-state index is 0.0677. The number of amides is 1. The predicted octanol–water partition coefficient (Wildman–Crippen LogP) is -1.43. The molecule has 8 nitrogen and oxygen atoms in total. The van der Waals surface area contributed by atoms with Crippen molar-refractivity contribution >= 4 is 24.3 Å². The zero-order valence-electron chi connectivity index (χ0n) is 14.4. The quantitative estimate of drug-likeness (QED) is 0.429. The standard InChI is InChI=1S/C8H12BN3O3.C6H14O2/c1-12(2)8(13)6-3-5(9(14)15)4-11-7(6)10;1-5(2,7)6(3,4)8/h3-4,14-15H,1-2H3,(H2,10,11);7-8H,1-4H3. The fraction of sp³-hybridized carbons (Fsp3) is 0.571. The van der Waals surface area contributed by atoms with E-state index in [9.17, 15) is 4.79 Å². The summed E-state index contributed by atoms with van der Waals surface area (Å²) in [5.74, 6) is -0.263. The topological polar surface area (TPSA) is 140 Å². The van der Waals surface area contributed by atoms with E-state index in [4.69, 9.17) is 26.0 Å². The lowest BCUT2D eigenvalue weighted by Gasteiger charge is -2.31. The third-order valence-corrected chi connectivity index (χ3v) is 3.37. The first kappa shape index (κ1) is 21.3. The Kier molecular flexibility index (Phi) is 7.17. The summed E-state index contributed by atoms with van der Waals surface area (Å²) in [6.07, 6.45) is 1.21. The molecule has 1 rings (SSSR count). The van der Waals surface area contributed by atoms with Gasteiger partial charge in [-0.1, -0.05) is 0 Å². The van der Waals surface area contributed by atoms with Crippen molar-refractivity contribution in [3.8, 4) is 0 Å². The van der Waals surface area contributed by atoms with Crippen molar-refractivity contribution in [3.63, 3.8) is 0 Å². The maximum Gasteiger partial charge on any atom is 0.490 e. The Hall–Kier alpha value is -1.68. The van der Waals surface area contributed by atoms with Gasteiger partial charge in [-0.25, -0.2) is 4.98 Å². The number of aromatic nitrogens is 1. The van der Waals surface area contributed by atoms with Gasteiger partial charge in [-0.3, -0.25) is 4.79 Å². The lowest BCUT2D eigenvalue weighted by Crippen LogP contribution is -2.44. The van der Waals surface area contributed by atoms with Crippen LogP contribution in [0.4, 0.5) is 5.82 Å². The molecule has 0 atom stereocenters. The van der Waals surface area contributed by atoms with Gasteiger partial charge >= 0.3 is 7.12 Å². The molecule has 0 saturated carbocycles. The van der Waals surface area contributed by atoms with Crippen molar-refractivity contribution in [2.75, 3.05) is 19.8 Å². The van der Waals surface area contributed by atoms with Crippen molar-refractivity contribution in [1.29, 1.82) is 0 Å². The zero-order chi connectivity index (χ0) is 18.6. The van der Waals surface area contributed by atoms with Crippen LogP contribution in [0.5, 0.6) is 0 Å². The number of carbonyl (C=O) groups excluding carboxylic acids is 1. The molecule has 1 heterocycles. The summed E-state index contributed by atoms with van der Waals surface area (Å²) in [4.78, 5) is 16.6. The Morgan fingerprint density at radius 2 is 1.61 bits per heavy atom. The van der Waals surface area contributed by atoms with Crippen LogP contribution in [0, 0.1) is 0 Å². The molecule has 23 heavy (non-hydrogen) atoms. The first-order chi connectivity index (χ1) is 10.2. The second-order valence-corrected chi connectivity index (χ2v) is 6.39. The van der Waals surface area contributed by atoms with E-state index in [1.165, 1.54) is 17.2 Å². The molecular formula is C14H26BN3O5. The highest BCUT2D eigenvalue weighted by Gasteiger charge is 2.31. The molecule has 0 aliphatic rings. The molecule has 0 spiro atoms. The number of aliphatic hydroxyl groups is 2. The molecule has 6 N–H and O–H groups in total. The van der Waals surface area contributed by atoms with E-state index in [1.54, 1.807) is 41.8 Å². The van der Waals surface area contributed by atoms with Crippen molar-refractivity contribution in [1.82, 2.24) is 9.88 Å². The highest BCUT2D eigenvalue weighted by atomic mass is 16.4. The van der Waals surface area contributed by atoms with Gasteiger partial charge in [-0.15, -0.1) is 0 Å². The maximum absolute atomic E-state index is 11.6. The van der Waals surface area contributed by atoms with Gasteiger partial charge < -0.3 is 30.9 Å². The highest BCUT2D eigenvalue weighted by molar-refractivity contribution is 6.58. The van der Waals surface area contributed by atoms with E-state index < -0.39 is 18.3 Å². The van der Waals surface area contributed by atoms with Crippen molar-refractivity contribution in [3.05, 3.63) is 17.8 Å². The molecule has 1 aromatic heterocycles. The number of pyridine rings is 1. The number of hydrogen-bond donors (Lipinski definition) is 5. The fourth-order valence-electron chi connectivity index (χ4n) is 1.04. The van der Waals surface area contributed by atoms with E-state index in [1.807, 2.05) is 0 Å². The van der Waals surface area contributed by atoms with Crippen LogP contribution in [0.1, 0.15) is 38.1 Å². The maximum atomic E-state index is 11.6. The van der Waals surface area contributed by atoms with Crippen LogP contribution < -0.4 is 11.2 Å². The third-order valence-electron chi connectivity index (χ3n) is 3.37. The Morgan fingerprint density at radius 1 is 1.17 bits per heavy atom. The van der Waals surface area contributed by atoms with Gasteiger partial charge in [0.15, 0.2) is 0 Å². The Morgan fingerprint density at radius 3 is 1.91 bits per heavy atom. The van der Waals surface area contributed by atoms with E-state index in [2.05, 4.69) is 4.98 Å². The average Bonchev–Trinajstić information content (AvgIpc) is 2.36. The minimum Gasteiger partial charge on any atom is -0.423 e. The van der Waals surface area contributed by atoms with Gasteiger partial charge in [0.25, 0.3) is 5.91 Å². The number of carbonyl (C=O) groups is 1. The molecule has 0 saturated heterocycles. The largest absolute Gasteiger partial charge is 0.490 e. The number of anilines is 1. The molecule has 0 aliphatic carbocycles. The number of nitrogens with two attached hydrogens (primary N) is 1. The monoisotopic (exact) mass is 327 g/mol. The molecular weight excluding hydrogens is 301 g/mol. The molecule has 0 aliphatic heterocycles. The van der Waals surface area contributed by atoms with Gasteiger partial charge in [-0.05, 0) is 33.8 Å². The van der Waals surface area contributed by atoms with Crippen molar-refractivity contribution in [2.24, 2.45) is 0 Å². The Bertz CT molecular complexity index is 524. The van der Waals surface area contributed by atoms with E-state index in [0.717, 1.165) is 0 Å². The molecule has 130 valence electrons. The summed E-state index contributed by atoms with van der Waals surface area (Å²) >= 11 is 0. The van der Waals surface area contributed by atoms with E-state index in [-0.39, 0.29) is 22.8 Å². The molecule has 0 aromatic carbocycles. The molecule has 0 unspecified atom stereocenters. The van der Waals surface area contributed by atoms with Crippen LogP contribution >= 0.6 is 0 Å². The van der Waals surface area contributed by atoms with Crippen LogP contribution in [0.25, 0.3) is 0 Å². The van der Waals surface area contributed by atoms with Crippen LogP contribution in [-0.4, -0.2) is 68.5 Å². The second kappa shape index (κ2) is 7.74. The number of nitrogens with zero attached hydrogens (tertiary/aromatic N) is 2. The molecule has 0 radical (unpaired) electrons. The van der Waals surface area contributed by atoms with Gasteiger partial charge in [0.2, 0.25) is 0 Å². The van der Waals surface area contributed by atoms with Gasteiger partial charge in [-0.2, -0.15) is 0 Å². The number of rotatable bonds is 3. The third kappa shape index (κ3) is 6.53. The van der Waals surface area contributed by atoms with Gasteiger partial charge in [0.1, 0.15) is 5.82 Å². The fourth-order valence-corrected chi connectivity index (χ4v) is 1.04. The Labute approximate surface area is 136 Å². The summed E-state index contributed by atoms with van der Waals surface area (Å²) in [5, 5.41) is 36.0. The summed E-state index contributed by atoms with van der Waals surface area (Å²) in [6.45, 7) is 6.31. The first-order valence-corrected chi connectivity index (χ1v) is 6.96. The lowest BCUT2D eigenvalue weighted by molar-refractivity contribution is -0.107. The summed E-state index contributed by atoms with van der Waals surface area (Å²) < 4.78 is 0. The minimum atomic E-state index is -1.66. The normalized spacial score (nSPS) is 11.4. The molecule has 1 amide bonds. The molecule has 0 fully saturated rings. The van der Waals surface area contributed by atoms with Crippen molar-refractivity contribution in [2.45, 2.75) is 38.9 Å². The SMILES string of the molecule is CC(C)(O)C(C)(C)O.CN(C)C(=O)c1cc(B(O)O)cnc1N. The Balaban J connectivity index is 0.000000515. The van der Waals surface area contributed by atoms with Crippen LogP contribution in [-0.2, 0) is 0 Å². The molecule has 9 heteroatoms. The van der Waals surface area contributed by atoms with Gasteiger partial charge in [0.05, 0.1) is 16.8 Å². The van der Waals surface area contributed by atoms with Gasteiger partial charge in [0, 0.05) is 25.8 Å².